The van der Waals surface area contributed by atoms with Crippen molar-refractivity contribution in [3.05, 3.63) is 40.4 Å². The first kappa shape index (κ1) is 14.8. The Hall–Kier alpha value is -1.15. The highest BCUT2D eigenvalue weighted by Crippen LogP contribution is 2.32. The van der Waals surface area contributed by atoms with Crippen LogP contribution in [0.1, 0.15) is 5.69 Å². The summed E-state index contributed by atoms with van der Waals surface area (Å²) in [6.07, 6.45) is 0. The summed E-state index contributed by atoms with van der Waals surface area (Å²) in [6.45, 7) is 0. The number of halogens is 1. The average Bonchev–Trinajstić information content (AvgIpc) is 3.14. The fraction of sp³-hybridized carbons (Fsp3) is 0.154. The molecule has 2 aromatic heterocycles. The minimum absolute atomic E-state index is 0.730. The average molecular weight is 355 g/mol. The van der Waals surface area contributed by atoms with Gasteiger partial charge in [0.15, 0.2) is 4.34 Å². The molecule has 3 rings (SSSR count). The number of anilines is 1. The fourth-order valence-electron chi connectivity index (χ4n) is 1.64. The van der Waals surface area contributed by atoms with Crippen LogP contribution in [0.4, 0.5) is 5.13 Å². The lowest BCUT2D eigenvalue weighted by Gasteiger charge is -1.98. The van der Waals surface area contributed by atoms with Crippen molar-refractivity contribution in [2.75, 3.05) is 12.4 Å². The van der Waals surface area contributed by atoms with Gasteiger partial charge in [-0.2, -0.15) is 0 Å². The van der Waals surface area contributed by atoms with Crippen molar-refractivity contribution in [2.45, 2.75) is 10.1 Å². The maximum atomic E-state index is 6.20. The normalized spacial score (nSPS) is 10.8. The number of benzene rings is 1. The Kier molecular flexibility index (Phi) is 4.74. The minimum atomic E-state index is 0.730. The molecule has 0 amide bonds. The lowest BCUT2D eigenvalue weighted by molar-refractivity contribution is 1.01. The van der Waals surface area contributed by atoms with Crippen molar-refractivity contribution in [3.8, 4) is 10.6 Å². The molecule has 0 aliphatic rings. The Morgan fingerprint density at radius 3 is 2.90 bits per heavy atom. The number of nitrogens with one attached hydrogen (secondary N) is 1. The molecule has 4 nitrogen and oxygen atoms in total. The molecule has 1 N–H and O–H groups in total. The second-order valence-corrected chi connectivity index (χ2v) is 7.50. The molecule has 0 unspecified atom stereocenters. The summed E-state index contributed by atoms with van der Waals surface area (Å²) in [5.41, 5.74) is 2.01. The second kappa shape index (κ2) is 6.74. The molecular weight excluding hydrogens is 344 g/mol. The van der Waals surface area contributed by atoms with Crippen LogP contribution in [0.25, 0.3) is 10.6 Å². The number of hydrogen-bond donors (Lipinski definition) is 1. The van der Waals surface area contributed by atoms with Crippen LogP contribution >= 0.6 is 46.0 Å². The van der Waals surface area contributed by atoms with E-state index >= 15 is 0 Å². The van der Waals surface area contributed by atoms with Gasteiger partial charge in [-0.05, 0) is 6.07 Å². The third-order valence-electron chi connectivity index (χ3n) is 2.62. The number of nitrogens with zero attached hydrogens (tertiary/aromatic N) is 3. The smallest absolute Gasteiger partial charge is 0.206 e. The number of thioether (sulfide) groups is 1. The van der Waals surface area contributed by atoms with Crippen LogP contribution in [0.5, 0.6) is 0 Å². The molecule has 0 aliphatic heterocycles. The van der Waals surface area contributed by atoms with E-state index in [9.17, 15) is 0 Å². The third-order valence-corrected chi connectivity index (χ3v) is 5.98. The zero-order valence-corrected chi connectivity index (χ0v) is 14.2. The number of hydrogen-bond acceptors (Lipinski definition) is 7. The van der Waals surface area contributed by atoms with E-state index in [2.05, 4.69) is 25.9 Å². The zero-order chi connectivity index (χ0) is 14.7. The van der Waals surface area contributed by atoms with E-state index in [0.717, 1.165) is 36.5 Å². The van der Waals surface area contributed by atoms with Gasteiger partial charge < -0.3 is 5.32 Å². The number of rotatable bonds is 5. The summed E-state index contributed by atoms with van der Waals surface area (Å²) in [5, 5.41) is 15.7. The molecule has 2 heterocycles. The van der Waals surface area contributed by atoms with E-state index in [1.807, 2.05) is 31.3 Å². The molecule has 0 radical (unpaired) electrons. The maximum Gasteiger partial charge on any atom is 0.206 e. The second-order valence-electron chi connectivity index (χ2n) is 4.04. The van der Waals surface area contributed by atoms with E-state index in [-0.39, 0.29) is 0 Å². The molecule has 0 saturated carbocycles. The van der Waals surface area contributed by atoms with Gasteiger partial charge in [-0.15, -0.1) is 21.5 Å². The summed E-state index contributed by atoms with van der Waals surface area (Å²) in [5.74, 6) is 0.777. The first-order valence-electron chi connectivity index (χ1n) is 6.09. The highest BCUT2D eigenvalue weighted by molar-refractivity contribution is 8.00. The van der Waals surface area contributed by atoms with Crippen LogP contribution in [0.2, 0.25) is 5.02 Å². The van der Waals surface area contributed by atoms with Crippen molar-refractivity contribution in [1.29, 1.82) is 0 Å². The molecule has 3 aromatic rings. The van der Waals surface area contributed by atoms with Crippen LogP contribution in [0.15, 0.2) is 34.0 Å². The zero-order valence-electron chi connectivity index (χ0n) is 11.0. The van der Waals surface area contributed by atoms with Crippen molar-refractivity contribution in [2.24, 2.45) is 0 Å². The maximum absolute atomic E-state index is 6.20. The van der Waals surface area contributed by atoms with Gasteiger partial charge in [0.25, 0.3) is 0 Å². The van der Waals surface area contributed by atoms with Crippen molar-refractivity contribution < 1.29 is 0 Å². The van der Waals surface area contributed by atoms with E-state index in [1.54, 1.807) is 34.4 Å². The summed E-state index contributed by atoms with van der Waals surface area (Å²) in [4.78, 5) is 4.64. The quantitative estimate of drug-likeness (QED) is 0.676. The Balaban J connectivity index is 1.69. The monoisotopic (exact) mass is 354 g/mol. The van der Waals surface area contributed by atoms with Crippen molar-refractivity contribution >= 4 is 51.2 Å². The minimum Gasteiger partial charge on any atom is -0.363 e. The number of aromatic nitrogens is 3. The highest BCUT2D eigenvalue weighted by atomic mass is 35.5. The van der Waals surface area contributed by atoms with Crippen LogP contribution in [-0.2, 0) is 5.75 Å². The van der Waals surface area contributed by atoms with Gasteiger partial charge in [0, 0.05) is 23.7 Å². The predicted molar refractivity (Wildman–Crippen MR) is 91.6 cm³/mol. The Bertz CT molecular complexity index is 740. The van der Waals surface area contributed by atoms with E-state index < -0.39 is 0 Å². The first-order valence-corrected chi connectivity index (χ1v) is 9.15. The van der Waals surface area contributed by atoms with E-state index in [0.29, 0.717) is 0 Å². The van der Waals surface area contributed by atoms with Crippen LogP contribution < -0.4 is 5.32 Å². The van der Waals surface area contributed by atoms with Gasteiger partial charge in [0.05, 0.1) is 10.7 Å². The number of thiazole rings is 1. The molecule has 0 fully saturated rings. The fourth-order valence-corrected chi connectivity index (χ4v) is 4.48. The van der Waals surface area contributed by atoms with E-state index in [4.69, 9.17) is 11.6 Å². The summed E-state index contributed by atoms with van der Waals surface area (Å²) >= 11 is 11.0. The highest BCUT2D eigenvalue weighted by Gasteiger charge is 2.09. The van der Waals surface area contributed by atoms with Crippen LogP contribution in [-0.4, -0.2) is 22.2 Å². The lowest BCUT2D eigenvalue weighted by Crippen LogP contribution is -1.84. The molecule has 0 bridgehead atoms. The standard InChI is InChI=1S/C13H11ClN4S3/c1-15-12-17-18-13(21-12)20-7-8-6-19-11(16-8)9-4-2-3-5-10(9)14/h2-6H,7H2,1H3,(H,15,17). The molecule has 0 spiro atoms. The molecule has 0 saturated heterocycles. The molecular formula is C13H11ClN4S3. The molecule has 8 heteroatoms. The molecule has 21 heavy (non-hydrogen) atoms. The van der Waals surface area contributed by atoms with Crippen molar-refractivity contribution in [3.63, 3.8) is 0 Å². The Morgan fingerprint density at radius 1 is 1.29 bits per heavy atom. The summed E-state index contributed by atoms with van der Waals surface area (Å²) < 4.78 is 0.937. The van der Waals surface area contributed by atoms with Crippen LogP contribution in [0.3, 0.4) is 0 Å². The van der Waals surface area contributed by atoms with E-state index in [1.165, 1.54) is 0 Å². The molecule has 0 atom stereocenters. The van der Waals surface area contributed by atoms with Gasteiger partial charge >= 0.3 is 0 Å². The SMILES string of the molecule is CNc1nnc(SCc2csc(-c3ccccc3Cl)n2)s1. The van der Waals surface area contributed by atoms with Gasteiger partial charge in [-0.25, -0.2) is 4.98 Å². The predicted octanol–water partition coefficient (Wildman–Crippen LogP) is 4.65. The van der Waals surface area contributed by atoms with Gasteiger partial charge in [-0.3, -0.25) is 0 Å². The topological polar surface area (TPSA) is 50.7 Å². The Morgan fingerprint density at radius 2 is 2.14 bits per heavy atom. The van der Waals surface area contributed by atoms with Crippen LogP contribution in [0, 0.1) is 0 Å². The summed E-state index contributed by atoms with van der Waals surface area (Å²) in [7, 11) is 1.84. The third kappa shape index (κ3) is 3.55. The lowest BCUT2D eigenvalue weighted by atomic mass is 10.2. The van der Waals surface area contributed by atoms with Gasteiger partial charge in [0.2, 0.25) is 5.13 Å². The first-order chi connectivity index (χ1) is 10.3. The summed E-state index contributed by atoms with van der Waals surface area (Å²) in [6, 6.07) is 7.76. The molecule has 108 valence electrons. The van der Waals surface area contributed by atoms with Crippen molar-refractivity contribution in [1.82, 2.24) is 15.2 Å². The largest absolute Gasteiger partial charge is 0.363 e. The Labute approximate surface area is 139 Å². The van der Waals surface area contributed by atoms with Gasteiger partial charge in [0.1, 0.15) is 5.01 Å². The molecule has 1 aromatic carbocycles. The molecule has 0 aliphatic carbocycles. The van der Waals surface area contributed by atoms with Gasteiger partial charge in [-0.1, -0.05) is 52.9 Å².